The monoisotopic (exact) mass is 355 g/mol. The Bertz CT molecular complexity index is 642. The summed E-state index contributed by atoms with van der Waals surface area (Å²) in [6, 6.07) is 10.7. The van der Waals surface area contributed by atoms with Gasteiger partial charge in [0.1, 0.15) is 0 Å². The number of nitrogens with one attached hydrogen (secondary N) is 2. The molecule has 0 spiro atoms. The van der Waals surface area contributed by atoms with Crippen molar-refractivity contribution >= 4 is 11.8 Å². The maximum atomic E-state index is 12.4. The van der Waals surface area contributed by atoms with Gasteiger partial charge in [-0.3, -0.25) is 9.59 Å². The summed E-state index contributed by atoms with van der Waals surface area (Å²) in [5.74, 6) is 1.44. The fourth-order valence-electron chi connectivity index (χ4n) is 4.54. The Morgan fingerprint density at radius 2 is 1.96 bits per heavy atom. The third-order valence-electron chi connectivity index (χ3n) is 6.15. The Balaban J connectivity index is 1.23. The molecule has 1 aromatic carbocycles. The first-order valence-electron chi connectivity index (χ1n) is 10.0. The van der Waals surface area contributed by atoms with E-state index in [1.165, 1.54) is 18.4 Å². The molecule has 5 heteroatoms. The fourth-order valence-corrected chi connectivity index (χ4v) is 4.54. The zero-order valence-electron chi connectivity index (χ0n) is 15.3. The summed E-state index contributed by atoms with van der Waals surface area (Å²) in [5.41, 5.74) is 1.32. The topological polar surface area (TPSA) is 61.4 Å². The van der Waals surface area contributed by atoms with Gasteiger partial charge in [-0.05, 0) is 50.3 Å². The van der Waals surface area contributed by atoms with Crippen molar-refractivity contribution in [3.63, 3.8) is 0 Å². The number of likely N-dealkylation sites (tertiary alicyclic amines) is 1. The lowest BCUT2D eigenvalue weighted by Gasteiger charge is -2.22. The molecule has 4 rings (SSSR count). The summed E-state index contributed by atoms with van der Waals surface area (Å²) >= 11 is 0. The molecule has 0 aromatic heterocycles. The zero-order valence-corrected chi connectivity index (χ0v) is 15.3. The van der Waals surface area contributed by atoms with Crippen LogP contribution in [0.4, 0.5) is 0 Å². The largest absolute Gasteiger partial charge is 0.351 e. The van der Waals surface area contributed by atoms with Gasteiger partial charge in [0.05, 0.1) is 6.04 Å². The summed E-state index contributed by atoms with van der Waals surface area (Å²) in [6.07, 6.45) is 5.41. The Hall–Kier alpha value is -1.88. The average molecular weight is 355 g/mol. The summed E-state index contributed by atoms with van der Waals surface area (Å²) in [4.78, 5) is 26.7. The second kappa shape index (κ2) is 7.78. The first-order valence-corrected chi connectivity index (χ1v) is 10.0. The molecule has 2 aliphatic heterocycles. The van der Waals surface area contributed by atoms with Crippen LogP contribution in [0.3, 0.4) is 0 Å². The van der Waals surface area contributed by atoms with Crippen molar-refractivity contribution in [2.75, 3.05) is 19.6 Å². The maximum Gasteiger partial charge on any atom is 0.225 e. The molecule has 3 fully saturated rings. The number of hydrogen-bond acceptors (Lipinski definition) is 3. The Kier molecular flexibility index (Phi) is 5.25. The maximum absolute atomic E-state index is 12.4. The number of nitrogens with zero attached hydrogens (tertiary/aromatic N) is 1. The minimum absolute atomic E-state index is 0.0138. The van der Waals surface area contributed by atoms with Crippen molar-refractivity contribution in [1.29, 1.82) is 0 Å². The highest BCUT2D eigenvalue weighted by molar-refractivity contribution is 5.82. The van der Waals surface area contributed by atoms with Crippen LogP contribution in [-0.2, 0) is 9.59 Å². The van der Waals surface area contributed by atoms with Crippen LogP contribution in [0.2, 0.25) is 0 Å². The van der Waals surface area contributed by atoms with Gasteiger partial charge in [0.2, 0.25) is 11.8 Å². The summed E-state index contributed by atoms with van der Waals surface area (Å²) in [7, 11) is 0. The van der Waals surface area contributed by atoms with Crippen LogP contribution >= 0.6 is 0 Å². The molecule has 1 aliphatic carbocycles. The lowest BCUT2D eigenvalue weighted by Crippen LogP contribution is -2.38. The van der Waals surface area contributed by atoms with E-state index in [9.17, 15) is 9.59 Å². The first kappa shape index (κ1) is 17.5. The van der Waals surface area contributed by atoms with Crippen molar-refractivity contribution in [2.24, 2.45) is 5.92 Å². The number of carbonyl (C=O) groups excluding carboxylic acids is 2. The summed E-state index contributed by atoms with van der Waals surface area (Å²) in [5, 5.41) is 6.46. The molecule has 0 radical (unpaired) electrons. The molecular formula is C21H29N3O2. The van der Waals surface area contributed by atoms with Crippen LogP contribution < -0.4 is 10.6 Å². The normalized spacial score (nSPS) is 29.0. The summed E-state index contributed by atoms with van der Waals surface area (Å²) < 4.78 is 0. The highest BCUT2D eigenvalue weighted by Crippen LogP contribution is 2.45. The number of benzene rings is 1. The molecule has 3 unspecified atom stereocenters. The van der Waals surface area contributed by atoms with Gasteiger partial charge in [0.25, 0.3) is 0 Å². The first-order chi connectivity index (χ1) is 12.7. The minimum atomic E-state index is -0.0138. The predicted octanol–water partition coefficient (Wildman–Crippen LogP) is 2.04. The number of hydrogen-bond donors (Lipinski definition) is 2. The highest BCUT2D eigenvalue weighted by atomic mass is 16.2. The quantitative estimate of drug-likeness (QED) is 0.821. The van der Waals surface area contributed by atoms with Crippen molar-refractivity contribution in [2.45, 2.75) is 56.5 Å². The van der Waals surface area contributed by atoms with Gasteiger partial charge in [0, 0.05) is 31.3 Å². The van der Waals surface area contributed by atoms with E-state index in [1.807, 2.05) is 11.0 Å². The third-order valence-corrected chi connectivity index (χ3v) is 6.15. The van der Waals surface area contributed by atoms with Gasteiger partial charge in [0.15, 0.2) is 0 Å². The molecule has 140 valence electrons. The predicted molar refractivity (Wildman–Crippen MR) is 101 cm³/mol. The van der Waals surface area contributed by atoms with Gasteiger partial charge < -0.3 is 15.5 Å². The highest BCUT2D eigenvalue weighted by Gasteiger charge is 2.47. The third kappa shape index (κ3) is 4.09. The van der Waals surface area contributed by atoms with E-state index in [0.29, 0.717) is 37.3 Å². The molecule has 2 N–H and O–H groups in total. The SMILES string of the molecule is O=C(CCC1CCNCC1)NC1CC(=O)N(C2CC2c2ccccc2)C1. The van der Waals surface area contributed by atoms with Crippen LogP contribution in [0.5, 0.6) is 0 Å². The molecule has 5 nitrogen and oxygen atoms in total. The lowest BCUT2D eigenvalue weighted by atomic mass is 9.93. The van der Waals surface area contributed by atoms with E-state index in [-0.39, 0.29) is 17.9 Å². The Morgan fingerprint density at radius 3 is 2.73 bits per heavy atom. The minimum Gasteiger partial charge on any atom is -0.351 e. The molecule has 2 saturated heterocycles. The van der Waals surface area contributed by atoms with E-state index in [0.717, 1.165) is 25.9 Å². The van der Waals surface area contributed by atoms with Gasteiger partial charge >= 0.3 is 0 Å². The fraction of sp³-hybridized carbons (Fsp3) is 0.619. The second-order valence-electron chi connectivity index (χ2n) is 8.07. The zero-order chi connectivity index (χ0) is 17.9. The Morgan fingerprint density at radius 1 is 1.19 bits per heavy atom. The van der Waals surface area contributed by atoms with Gasteiger partial charge in [-0.15, -0.1) is 0 Å². The van der Waals surface area contributed by atoms with Crippen LogP contribution in [0.15, 0.2) is 30.3 Å². The molecule has 3 aliphatic rings. The average Bonchev–Trinajstić information content (AvgIpc) is 3.38. The van der Waals surface area contributed by atoms with Crippen LogP contribution in [-0.4, -0.2) is 48.4 Å². The Labute approximate surface area is 155 Å². The van der Waals surface area contributed by atoms with E-state index >= 15 is 0 Å². The van der Waals surface area contributed by atoms with Crippen molar-refractivity contribution in [3.8, 4) is 0 Å². The van der Waals surface area contributed by atoms with Gasteiger partial charge in [-0.2, -0.15) is 0 Å². The number of amides is 2. The second-order valence-corrected chi connectivity index (χ2v) is 8.07. The van der Waals surface area contributed by atoms with E-state index in [4.69, 9.17) is 0 Å². The smallest absolute Gasteiger partial charge is 0.225 e. The lowest BCUT2D eigenvalue weighted by molar-refractivity contribution is -0.128. The summed E-state index contributed by atoms with van der Waals surface area (Å²) in [6.45, 7) is 2.82. The molecule has 1 saturated carbocycles. The van der Waals surface area contributed by atoms with Crippen molar-refractivity contribution in [3.05, 3.63) is 35.9 Å². The van der Waals surface area contributed by atoms with E-state index in [2.05, 4.69) is 34.9 Å². The molecule has 0 bridgehead atoms. The molecular weight excluding hydrogens is 326 g/mol. The number of rotatable bonds is 6. The molecule has 2 amide bonds. The van der Waals surface area contributed by atoms with Gasteiger partial charge in [-0.25, -0.2) is 0 Å². The molecule has 3 atom stereocenters. The van der Waals surface area contributed by atoms with Gasteiger partial charge in [-0.1, -0.05) is 30.3 Å². The number of carbonyl (C=O) groups is 2. The molecule has 26 heavy (non-hydrogen) atoms. The van der Waals surface area contributed by atoms with Crippen molar-refractivity contribution < 1.29 is 9.59 Å². The van der Waals surface area contributed by atoms with Crippen molar-refractivity contribution in [1.82, 2.24) is 15.5 Å². The molecule has 2 heterocycles. The standard InChI is InChI=1S/C21H29N3O2/c25-20(7-6-15-8-10-22-11-9-15)23-17-12-21(26)24(14-17)19-13-18(19)16-4-2-1-3-5-16/h1-5,15,17-19,22H,6-14H2,(H,23,25). The van der Waals surface area contributed by atoms with Crippen LogP contribution in [0.1, 0.15) is 50.0 Å². The number of piperidine rings is 1. The van der Waals surface area contributed by atoms with E-state index < -0.39 is 0 Å². The van der Waals surface area contributed by atoms with Crippen LogP contribution in [0.25, 0.3) is 0 Å². The van der Waals surface area contributed by atoms with E-state index in [1.54, 1.807) is 0 Å². The molecule has 1 aromatic rings. The van der Waals surface area contributed by atoms with Crippen LogP contribution in [0, 0.1) is 5.92 Å².